The molecular formula is C13H15F2NO. The summed E-state index contributed by atoms with van der Waals surface area (Å²) in [6.07, 6.45) is 1.66. The molecule has 0 aromatic heterocycles. The number of benzene rings is 1. The summed E-state index contributed by atoms with van der Waals surface area (Å²) in [7, 11) is 0. The van der Waals surface area contributed by atoms with Crippen molar-refractivity contribution in [3.05, 3.63) is 35.4 Å². The summed E-state index contributed by atoms with van der Waals surface area (Å²) < 4.78 is 26.4. The highest BCUT2D eigenvalue weighted by atomic mass is 19.3. The van der Waals surface area contributed by atoms with Crippen LogP contribution in [-0.2, 0) is 10.7 Å². The minimum atomic E-state index is -2.81. The van der Waals surface area contributed by atoms with E-state index in [0.29, 0.717) is 13.1 Å². The maximum Gasteiger partial charge on any atom is 0.270 e. The molecular weight excluding hydrogens is 224 g/mol. The predicted octanol–water partition coefficient (Wildman–Crippen LogP) is 2.74. The molecule has 1 unspecified atom stereocenters. The van der Waals surface area contributed by atoms with Gasteiger partial charge in [0.25, 0.3) is 5.92 Å². The van der Waals surface area contributed by atoms with Crippen LogP contribution >= 0.6 is 0 Å². The lowest BCUT2D eigenvalue weighted by Crippen LogP contribution is -2.17. The molecule has 1 fully saturated rings. The first-order valence-corrected chi connectivity index (χ1v) is 5.68. The van der Waals surface area contributed by atoms with Gasteiger partial charge >= 0.3 is 0 Å². The third kappa shape index (κ3) is 2.62. The van der Waals surface area contributed by atoms with Gasteiger partial charge in [0.1, 0.15) is 0 Å². The Hall–Kier alpha value is -1.45. The lowest BCUT2D eigenvalue weighted by molar-refractivity contribution is -0.117. The van der Waals surface area contributed by atoms with Crippen LogP contribution in [0.2, 0.25) is 0 Å². The second-order valence-corrected chi connectivity index (χ2v) is 4.60. The molecule has 0 N–H and O–H groups in total. The Bertz CT molecular complexity index is 414. The Morgan fingerprint density at radius 3 is 2.82 bits per heavy atom. The molecule has 2 nitrogen and oxygen atoms in total. The van der Waals surface area contributed by atoms with Crippen molar-refractivity contribution in [2.45, 2.75) is 25.2 Å². The van der Waals surface area contributed by atoms with E-state index < -0.39 is 5.92 Å². The molecule has 0 bridgehead atoms. The Labute approximate surface area is 99.2 Å². The fourth-order valence-corrected chi connectivity index (χ4v) is 2.22. The molecule has 4 heteroatoms. The van der Waals surface area contributed by atoms with Crippen LogP contribution in [0, 0.1) is 0 Å². The SMILES string of the molecule is CC(F)(F)c1cccc(C2CCN(C=O)C2)c1. The molecule has 1 saturated heterocycles. The minimum Gasteiger partial charge on any atom is -0.345 e. The summed E-state index contributed by atoms with van der Waals surface area (Å²) >= 11 is 0. The molecule has 2 rings (SSSR count). The molecule has 1 aliphatic heterocycles. The van der Waals surface area contributed by atoms with Crippen molar-refractivity contribution in [3.63, 3.8) is 0 Å². The van der Waals surface area contributed by atoms with Gasteiger partial charge in [0.15, 0.2) is 0 Å². The normalized spacial score (nSPS) is 20.6. The number of halogens is 2. The topological polar surface area (TPSA) is 20.3 Å². The first kappa shape index (κ1) is 12.0. The van der Waals surface area contributed by atoms with E-state index in [-0.39, 0.29) is 11.5 Å². The standard InChI is InChI=1S/C13H15F2NO/c1-13(14,15)12-4-2-3-10(7-12)11-5-6-16(8-11)9-17/h2-4,7,9,11H,5-6,8H2,1H3. The molecule has 0 spiro atoms. The van der Waals surface area contributed by atoms with Gasteiger partial charge in [-0.05, 0) is 18.1 Å². The minimum absolute atomic E-state index is 0.0413. The smallest absolute Gasteiger partial charge is 0.270 e. The highest BCUT2D eigenvalue weighted by Gasteiger charge is 2.27. The van der Waals surface area contributed by atoms with E-state index in [1.807, 2.05) is 6.07 Å². The second kappa shape index (κ2) is 4.43. The molecule has 0 saturated carbocycles. The highest BCUT2D eigenvalue weighted by Crippen LogP contribution is 2.32. The number of carbonyl (C=O) groups is 1. The van der Waals surface area contributed by atoms with Gasteiger partial charge in [0.2, 0.25) is 6.41 Å². The van der Waals surface area contributed by atoms with E-state index in [1.54, 1.807) is 17.0 Å². The third-order valence-electron chi connectivity index (χ3n) is 3.23. The molecule has 92 valence electrons. The monoisotopic (exact) mass is 239 g/mol. The number of carbonyl (C=O) groups excluding carboxylic acids is 1. The van der Waals surface area contributed by atoms with Gasteiger partial charge < -0.3 is 4.90 Å². The van der Waals surface area contributed by atoms with Crippen LogP contribution in [0.1, 0.15) is 30.4 Å². The van der Waals surface area contributed by atoms with Crippen LogP contribution in [-0.4, -0.2) is 24.4 Å². The van der Waals surface area contributed by atoms with E-state index >= 15 is 0 Å². The Morgan fingerprint density at radius 2 is 2.24 bits per heavy atom. The highest BCUT2D eigenvalue weighted by molar-refractivity contribution is 5.48. The average molecular weight is 239 g/mol. The van der Waals surface area contributed by atoms with Crippen molar-refractivity contribution in [2.24, 2.45) is 0 Å². The molecule has 1 aromatic carbocycles. The lowest BCUT2D eigenvalue weighted by Gasteiger charge is -2.15. The van der Waals surface area contributed by atoms with E-state index in [2.05, 4.69) is 0 Å². The number of likely N-dealkylation sites (tertiary alicyclic amines) is 1. The van der Waals surface area contributed by atoms with E-state index in [1.165, 1.54) is 6.07 Å². The fourth-order valence-electron chi connectivity index (χ4n) is 2.22. The molecule has 1 heterocycles. The van der Waals surface area contributed by atoms with E-state index in [0.717, 1.165) is 25.3 Å². The van der Waals surface area contributed by atoms with Gasteiger partial charge in [-0.1, -0.05) is 18.2 Å². The molecule has 0 aliphatic carbocycles. The first-order chi connectivity index (χ1) is 8.00. The van der Waals surface area contributed by atoms with Crippen molar-refractivity contribution in [2.75, 3.05) is 13.1 Å². The lowest BCUT2D eigenvalue weighted by atomic mass is 9.95. The second-order valence-electron chi connectivity index (χ2n) is 4.60. The van der Waals surface area contributed by atoms with E-state index in [4.69, 9.17) is 0 Å². The first-order valence-electron chi connectivity index (χ1n) is 5.68. The molecule has 1 amide bonds. The van der Waals surface area contributed by atoms with Crippen molar-refractivity contribution in [1.29, 1.82) is 0 Å². The van der Waals surface area contributed by atoms with Crippen LogP contribution in [0.4, 0.5) is 8.78 Å². The summed E-state index contributed by atoms with van der Waals surface area (Å²) in [4.78, 5) is 12.3. The van der Waals surface area contributed by atoms with Gasteiger partial charge in [-0.25, -0.2) is 8.78 Å². The quantitative estimate of drug-likeness (QED) is 0.743. The zero-order valence-electron chi connectivity index (χ0n) is 9.70. The third-order valence-corrected chi connectivity index (χ3v) is 3.23. The van der Waals surface area contributed by atoms with Crippen LogP contribution in [0.5, 0.6) is 0 Å². The summed E-state index contributed by atoms with van der Waals surface area (Å²) in [5, 5.41) is 0. The van der Waals surface area contributed by atoms with Crippen molar-refractivity contribution < 1.29 is 13.6 Å². The Balaban J connectivity index is 2.20. The Kier molecular flexibility index (Phi) is 3.13. The zero-order valence-corrected chi connectivity index (χ0v) is 9.70. The number of hydrogen-bond acceptors (Lipinski definition) is 1. The molecule has 1 atom stereocenters. The number of hydrogen-bond donors (Lipinski definition) is 0. The predicted molar refractivity (Wildman–Crippen MR) is 61.0 cm³/mol. The number of alkyl halides is 2. The van der Waals surface area contributed by atoms with Crippen molar-refractivity contribution in [3.8, 4) is 0 Å². The summed E-state index contributed by atoms with van der Waals surface area (Å²) in [6.45, 7) is 2.24. The number of nitrogens with zero attached hydrogens (tertiary/aromatic N) is 1. The van der Waals surface area contributed by atoms with Crippen molar-refractivity contribution in [1.82, 2.24) is 4.90 Å². The Morgan fingerprint density at radius 1 is 1.47 bits per heavy atom. The summed E-state index contributed by atoms with van der Waals surface area (Å²) in [5.41, 5.74) is 0.938. The van der Waals surface area contributed by atoms with Gasteiger partial charge in [-0.2, -0.15) is 0 Å². The van der Waals surface area contributed by atoms with Crippen LogP contribution in [0.3, 0.4) is 0 Å². The van der Waals surface area contributed by atoms with Gasteiger partial charge in [0, 0.05) is 31.5 Å². The van der Waals surface area contributed by atoms with Gasteiger partial charge in [-0.3, -0.25) is 4.79 Å². The fraction of sp³-hybridized carbons (Fsp3) is 0.462. The zero-order chi connectivity index (χ0) is 12.5. The van der Waals surface area contributed by atoms with Crippen LogP contribution in [0.25, 0.3) is 0 Å². The molecule has 17 heavy (non-hydrogen) atoms. The van der Waals surface area contributed by atoms with Gasteiger partial charge in [-0.15, -0.1) is 0 Å². The maximum atomic E-state index is 13.2. The largest absolute Gasteiger partial charge is 0.345 e. The molecule has 1 aliphatic rings. The average Bonchev–Trinajstić information content (AvgIpc) is 2.76. The summed E-state index contributed by atoms with van der Waals surface area (Å²) in [6, 6.07) is 6.51. The molecule has 1 aromatic rings. The summed E-state index contributed by atoms with van der Waals surface area (Å²) in [5.74, 6) is -2.62. The van der Waals surface area contributed by atoms with Crippen LogP contribution in [0.15, 0.2) is 24.3 Å². The maximum absolute atomic E-state index is 13.2. The van der Waals surface area contributed by atoms with Gasteiger partial charge in [0.05, 0.1) is 0 Å². The number of rotatable bonds is 3. The van der Waals surface area contributed by atoms with Crippen molar-refractivity contribution >= 4 is 6.41 Å². The molecule has 0 radical (unpaired) electrons. The van der Waals surface area contributed by atoms with E-state index in [9.17, 15) is 13.6 Å². The van der Waals surface area contributed by atoms with Crippen LogP contribution < -0.4 is 0 Å². The number of amides is 1.